The Morgan fingerprint density at radius 2 is 1.89 bits per heavy atom. The number of likely N-dealkylation sites (N-methyl/N-ethyl adjacent to an activating group) is 1. The molecule has 5 heteroatoms. The molecule has 0 fully saturated rings. The van der Waals surface area contributed by atoms with Gasteiger partial charge in [-0.1, -0.05) is 15.9 Å². The van der Waals surface area contributed by atoms with Crippen molar-refractivity contribution in [3.8, 4) is 5.75 Å². The van der Waals surface area contributed by atoms with Crippen LogP contribution in [0.15, 0.2) is 16.6 Å². The third-order valence-corrected chi connectivity index (χ3v) is 3.91. The molecule has 4 nitrogen and oxygen atoms in total. The number of nitrogens with zero attached hydrogens (tertiary/aromatic N) is 1. The van der Waals surface area contributed by atoms with Crippen LogP contribution < -0.4 is 10.1 Å². The highest BCUT2D eigenvalue weighted by molar-refractivity contribution is 9.10. The molecule has 0 unspecified atom stereocenters. The lowest BCUT2D eigenvalue weighted by Gasteiger charge is -2.12. The molecule has 19 heavy (non-hydrogen) atoms. The fourth-order valence-corrected chi connectivity index (χ4v) is 1.84. The number of rotatable bonds is 6. The Bertz CT molecular complexity index is 424. The predicted molar refractivity (Wildman–Crippen MR) is 80.7 cm³/mol. The van der Waals surface area contributed by atoms with E-state index in [0.717, 1.165) is 27.9 Å². The van der Waals surface area contributed by atoms with Gasteiger partial charge in [-0.25, -0.2) is 0 Å². The molecule has 0 radical (unpaired) electrons. The van der Waals surface area contributed by atoms with Gasteiger partial charge in [-0.3, -0.25) is 4.79 Å². The average molecular weight is 329 g/mol. The van der Waals surface area contributed by atoms with Gasteiger partial charge in [0.05, 0.1) is 0 Å². The van der Waals surface area contributed by atoms with Crippen LogP contribution in [-0.4, -0.2) is 44.6 Å². The van der Waals surface area contributed by atoms with Crippen molar-refractivity contribution in [3.05, 3.63) is 27.7 Å². The van der Waals surface area contributed by atoms with Crippen molar-refractivity contribution in [3.63, 3.8) is 0 Å². The zero-order valence-electron chi connectivity index (χ0n) is 11.9. The lowest BCUT2D eigenvalue weighted by atomic mass is 10.1. The van der Waals surface area contributed by atoms with Crippen LogP contribution in [0.4, 0.5) is 0 Å². The predicted octanol–water partition coefficient (Wildman–Crippen LogP) is 2.12. The molecule has 1 rings (SSSR count). The summed E-state index contributed by atoms with van der Waals surface area (Å²) < 4.78 is 6.57. The summed E-state index contributed by atoms with van der Waals surface area (Å²) in [6.45, 7) is 5.51. The fourth-order valence-electron chi connectivity index (χ4n) is 1.61. The van der Waals surface area contributed by atoms with Crippen LogP contribution in [-0.2, 0) is 4.79 Å². The maximum atomic E-state index is 11.6. The van der Waals surface area contributed by atoms with Crippen LogP contribution in [0.3, 0.4) is 0 Å². The zero-order chi connectivity index (χ0) is 14.4. The first-order chi connectivity index (χ1) is 8.90. The van der Waals surface area contributed by atoms with Crippen LogP contribution >= 0.6 is 15.9 Å². The van der Waals surface area contributed by atoms with Gasteiger partial charge in [-0.15, -0.1) is 0 Å². The zero-order valence-corrected chi connectivity index (χ0v) is 13.5. The minimum atomic E-state index is -0.0972. The summed E-state index contributed by atoms with van der Waals surface area (Å²) in [5.74, 6) is 0.626. The molecule has 0 heterocycles. The minimum Gasteiger partial charge on any atom is -0.484 e. The van der Waals surface area contributed by atoms with E-state index in [1.807, 2.05) is 45.0 Å². The summed E-state index contributed by atoms with van der Waals surface area (Å²) in [5, 5.41) is 2.81. The van der Waals surface area contributed by atoms with Crippen molar-refractivity contribution >= 4 is 21.8 Å². The molecule has 0 saturated carbocycles. The first kappa shape index (κ1) is 16.0. The van der Waals surface area contributed by atoms with Crippen LogP contribution in [0.1, 0.15) is 11.1 Å². The van der Waals surface area contributed by atoms with Crippen molar-refractivity contribution in [1.29, 1.82) is 0 Å². The van der Waals surface area contributed by atoms with Crippen molar-refractivity contribution in [2.75, 3.05) is 33.8 Å². The number of benzene rings is 1. The van der Waals surface area contributed by atoms with Crippen LogP contribution in [0.5, 0.6) is 5.75 Å². The number of carbonyl (C=O) groups excluding carboxylic acids is 1. The molecule has 0 aromatic heterocycles. The highest BCUT2D eigenvalue weighted by Crippen LogP contribution is 2.26. The molecular weight excluding hydrogens is 308 g/mol. The molecule has 1 amide bonds. The van der Waals surface area contributed by atoms with Gasteiger partial charge < -0.3 is 15.0 Å². The van der Waals surface area contributed by atoms with Crippen LogP contribution in [0.2, 0.25) is 0 Å². The molecule has 0 spiro atoms. The number of hydrogen-bond acceptors (Lipinski definition) is 3. The molecule has 0 bridgehead atoms. The average Bonchev–Trinajstić information content (AvgIpc) is 2.32. The third-order valence-electron chi connectivity index (χ3n) is 2.66. The monoisotopic (exact) mass is 328 g/mol. The highest BCUT2D eigenvalue weighted by atomic mass is 79.9. The summed E-state index contributed by atoms with van der Waals surface area (Å²) in [6, 6.07) is 3.84. The number of nitrogens with one attached hydrogen (secondary N) is 1. The van der Waals surface area contributed by atoms with E-state index in [0.29, 0.717) is 6.54 Å². The summed E-state index contributed by atoms with van der Waals surface area (Å²) >= 11 is 3.50. The Morgan fingerprint density at radius 3 is 2.42 bits per heavy atom. The Labute approximate surface area is 123 Å². The minimum absolute atomic E-state index is 0.0495. The Morgan fingerprint density at radius 1 is 1.32 bits per heavy atom. The second-order valence-corrected chi connectivity index (χ2v) is 5.61. The summed E-state index contributed by atoms with van der Waals surface area (Å²) in [4.78, 5) is 13.6. The van der Waals surface area contributed by atoms with Gasteiger partial charge in [-0.2, -0.15) is 0 Å². The second kappa shape index (κ2) is 7.50. The quantitative estimate of drug-likeness (QED) is 0.869. The van der Waals surface area contributed by atoms with Crippen LogP contribution in [0.25, 0.3) is 0 Å². The SMILES string of the molecule is Cc1cc(OCC(=O)NCCN(C)C)cc(C)c1Br. The lowest BCUT2D eigenvalue weighted by molar-refractivity contribution is -0.123. The number of hydrogen-bond donors (Lipinski definition) is 1. The van der Waals surface area contributed by atoms with Gasteiger partial charge in [0.15, 0.2) is 6.61 Å². The molecule has 0 aliphatic heterocycles. The maximum Gasteiger partial charge on any atom is 0.257 e. The summed E-state index contributed by atoms with van der Waals surface area (Å²) in [5.41, 5.74) is 2.20. The van der Waals surface area contributed by atoms with Crippen LogP contribution in [0, 0.1) is 13.8 Å². The smallest absolute Gasteiger partial charge is 0.257 e. The standard InChI is InChI=1S/C14H21BrN2O2/c1-10-7-12(8-11(2)14(10)15)19-9-13(18)16-5-6-17(3)4/h7-8H,5-6,9H2,1-4H3,(H,16,18). The number of ether oxygens (including phenoxy) is 1. The van der Waals surface area contributed by atoms with E-state index < -0.39 is 0 Å². The van der Waals surface area contributed by atoms with Crippen molar-refractivity contribution < 1.29 is 9.53 Å². The molecule has 0 saturated heterocycles. The van der Waals surface area contributed by atoms with E-state index in [2.05, 4.69) is 21.2 Å². The third kappa shape index (κ3) is 5.61. The van der Waals surface area contributed by atoms with Crippen molar-refractivity contribution in [2.45, 2.75) is 13.8 Å². The van der Waals surface area contributed by atoms with E-state index >= 15 is 0 Å². The Hall–Kier alpha value is -1.07. The normalized spacial score (nSPS) is 10.6. The molecule has 0 aliphatic carbocycles. The number of amides is 1. The van der Waals surface area contributed by atoms with E-state index in [1.54, 1.807) is 0 Å². The van der Waals surface area contributed by atoms with Crippen molar-refractivity contribution in [1.82, 2.24) is 10.2 Å². The van der Waals surface area contributed by atoms with E-state index in [1.165, 1.54) is 0 Å². The van der Waals surface area contributed by atoms with Gasteiger partial charge in [0, 0.05) is 17.6 Å². The van der Waals surface area contributed by atoms with Gasteiger partial charge in [0.2, 0.25) is 0 Å². The van der Waals surface area contributed by atoms with Crippen molar-refractivity contribution in [2.24, 2.45) is 0 Å². The lowest BCUT2D eigenvalue weighted by Crippen LogP contribution is -2.34. The topological polar surface area (TPSA) is 41.6 Å². The van der Waals surface area contributed by atoms with Gasteiger partial charge in [0.25, 0.3) is 5.91 Å². The first-order valence-corrected chi connectivity index (χ1v) is 7.00. The molecule has 106 valence electrons. The number of halogens is 1. The summed E-state index contributed by atoms with van der Waals surface area (Å²) in [6.07, 6.45) is 0. The van der Waals surface area contributed by atoms with E-state index in [4.69, 9.17) is 4.74 Å². The molecule has 0 aliphatic rings. The maximum absolute atomic E-state index is 11.6. The largest absolute Gasteiger partial charge is 0.484 e. The van der Waals surface area contributed by atoms with E-state index in [-0.39, 0.29) is 12.5 Å². The number of carbonyl (C=O) groups is 1. The summed E-state index contributed by atoms with van der Waals surface area (Å²) in [7, 11) is 3.94. The first-order valence-electron chi connectivity index (χ1n) is 6.21. The highest BCUT2D eigenvalue weighted by Gasteiger charge is 2.06. The van der Waals surface area contributed by atoms with Gasteiger partial charge in [0.1, 0.15) is 5.75 Å². The van der Waals surface area contributed by atoms with Gasteiger partial charge in [-0.05, 0) is 51.2 Å². The molecule has 1 aromatic carbocycles. The van der Waals surface area contributed by atoms with E-state index in [9.17, 15) is 4.79 Å². The molecule has 1 N–H and O–H groups in total. The number of aryl methyl sites for hydroxylation is 2. The molecule has 1 aromatic rings. The Balaban J connectivity index is 2.42. The molecular formula is C14H21BrN2O2. The van der Waals surface area contributed by atoms with Gasteiger partial charge >= 0.3 is 0 Å². The molecule has 0 atom stereocenters. The second-order valence-electron chi connectivity index (χ2n) is 4.81. The fraction of sp³-hybridized carbons (Fsp3) is 0.500. The Kier molecular flexibility index (Phi) is 6.31.